The van der Waals surface area contributed by atoms with Crippen molar-refractivity contribution in [2.75, 3.05) is 12.5 Å². The van der Waals surface area contributed by atoms with E-state index in [4.69, 9.17) is 15.2 Å². The zero-order valence-corrected chi connectivity index (χ0v) is 13.0. The summed E-state index contributed by atoms with van der Waals surface area (Å²) in [5.74, 6) is 2.29. The Hall–Kier alpha value is -1.24. The summed E-state index contributed by atoms with van der Waals surface area (Å²) in [5.41, 5.74) is 7.26. The van der Waals surface area contributed by atoms with Gasteiger partial charge in [-0.15, -0.1) is 11.8 Å². The van der Waals surface area contributed by atoms with Crippen molar-refractivity contribution in [3.8, 4) is 11.5 Å². The fourth-order valence-corrected chi connectivity index (χ4v) is 3.36. The number of hydrogen-bond donors (Lipinski definition) is 1. The van der Waals surface area contributed by atoms with Crippen molar-refractivity contribution in [1.82, 2.24) is 4.98 Å². The Morgan fingerprint density at radius 1 is 1.30 bits per heavy atom. The first-order chi connectivity index (χ1) is 9.74. The lowest BCUT2D eigenvalue weighted by molar-refractivity contribution is 0.174. The number of ether oxygens (including phenoxy) is 2. The smallest absolute Gasteiger partial charge is 0.231 e. The van der Waals surface area contributed by atoms with Crippen molar-refractivity contribution >= 4 is 27.7 Å². The fraction of sp³-hybridized carbons (Fsp3) is 0.214. The number of halogens is 1. The predicted molar refractivity (Wildman–Crippen MR) is 82.2 cm³/mol. The van der Waals surface area contributed by atoms with Gasteiger partial charge in [0.1, 0.15) is 5.03 Å². The van der Waals surface area contributed by atoms with Crippen LogP contribution in [-0.4, -0.2) is 17.5 Å². The minimum absolute atomic E-state index is 0.0802. The van der Waals surface area contributed by atoms with Gasteiger partial charge in [0.05, 0.1) is 0 Å². The highest BCUT2D eigenvalue weighted by Gasteiger charge is 2.16. The molecule has 1 unspecified atom stereocenters. The third-order valence-electron chi connectivity index (χ3n) is 2.95. The zero-order chi connectivity index (χ0) is 13.9. The Morgan fingerprint density at radius 3 is 3.00 bits per heavy atom. The molecule has 20 heavy (non-hydrogen) atoms. The monoisotopic (exact) mass is 352 g/mol. The number of hydrogen-bond acceptors (Lipinski definition) is 5. The van der Waals surface area contributed by atoms with E-state index in [0.717, 1.165) is 32.3 Å². The maximum Gasteiger partial charge on any atom is 0.231 e. The highest BCUT2D eigenvalue weighted by Crippen LogP contribution is 2.35. The van der Waals surface area contributed by atoms with E-state index < -0.39 is 0 Å². The molecule has 0 fully saturated rings. The average Bonchev–Trinajstić information content (AvgIpc) is 2.93. The molecule has 0 saturated heterocycles. The molecule has 1 atom stereocenters. The fourth-order valence-electron chi connectivity index (χ4n) is 1.89. The minimum Gasteiger partial charge on any atom is -0.454 e. The molecular formula is C14H13BrN2O2S. The number of benzene rings is 1. The molecule has 1 aliphatic rings. The Bertz CT molecular complexity index is 624. The molecule has 1 aromatic heterocycles. The van der Waals surface area contributed by atoms with E-state index in [1.165, 1.54) is 0 Å². The van der Waals surface area contributed by atoms with Crippen molar-refractivity contribution in [1.29, 1.82) is 0 Å². The van der Waals surface area contributed by atoms with Crippen LogP contribution in [0, 0.1) is 0 Å². The van der Waals surface area contributed by atoms with Crippen LogP contribution in [0.4, 0.5) is 0 Å². The van der Waals surface area contributed by atoms with Crippen LogP contribution in [0.2, 0.25) is 0 Å². The van der Waals surface area contributed by atoms with Crippen molar-refractivity contribution < 1.29 is 9.47 Å². The molecule has 1 aromatic carbocycles. The zero-order valence-electron chi connectivity index (χ0n) is 10.6. The molecule has 0 bridgehead atoms. The van der Waals surface area contributed by atoms with Crippen molar-refractivity contribution in [3.05, 3.63) is 46.6 Å². The van der Waals surface area contributed by atoms with Gasteiger partial charge in [-0.1, -0.05) is 6.07 Å². The van der Waals surface area contributed by atoms with E-state index in [0.29, 0.717) is 0 Å². The highest BCUT2D eigenvalue weighted by atomic mass is 79.9. The van der Waals surface area contributed by atoms with Gasteiger partial charge >= 0.3 is 0 Å². The number of fused-ring (bicyclic) bond motifs is 1. The molecule has 2 aromatic rings. The number of rotatable bonds is 4. The van der Waals surface area contributed by atoms with E-state index >= 15 is 0 Å². The quantitative estimate of drug-likeness (QED) is 0.855. The van der Waals surface area contributed by atoms with Crippen LogP contribution in [0.3, 0.4) is 0 Å². The molecule has 4 nitrogen and oxygen atoms in total. The molecule has 3 rings (SSSR count). The van der Waals surface area contributed by atoms with Crippen LogP contribution >= 0.6 is 27.7 Å². The highest BCUT2D eigenvalue weighted by molar-refractivity contribution is 9.10. The van der Waals surface area contributed by atoms with Gasteiger partial charge in [-0.3, -0.25) is 0 Å². The maximum atomic E-state index is 6.23. The number of pyridine rings is 1. The van der Waals surface area contributed by atoms with Gasteiger partial charge in [0.15, 0.2) is 11.5 Å². The first-order valence-electron chi connectivity index (χ1n) is 6.12. The lowest BCUT2D eigenvalue weighted by Gasteiger charge is -2.12. The van der Waals surface area contributed by atoms with Crippen LogP contribution in [0.5, 0.6) is 11.5 Å². The molecule has 1 aliphatic heterocycles. The molecular weight excluding hydrogens is 340 g/mol. The summed E-state index contributed by atoms with van der Waals surface area (Å²) in [4.78, 5) is 4.32. The van der Waals surface area contributed by atoms with Crippen LogP contribution in [0.1, 0.15) is 11.6 Å². The average molecular weight is 353 g/mol. The molecule has 0 saturated carbocycles. The van der Waals surface area contributed by atoms with Crippen molar-refractivity contribution in [2.45, 2.75) is 11.1 Å². The number of aromatic nitrogens is 1. The van der Waals surface area contributed by atoms with Gasteiger partial charge in [-0.25, -0.2) is 4.98 Å². The van der Waals surface area contributed by atoms with E-state index in [2.05, 4.69) is 20.9 Å². The van der Waals surface area contributed by atoms with E-state index in [-0.39, 0.29) is 12.8 Å². The maximum absolute atomic E-state index is 6.23. The SMILES string of the molecule is NC(CSc1ncccc1Br)c1ccc2c(c1)OCO2. The first-order valence-corrected chi connectivity index (χ1v) is 7.90. The molecule has 0 amide bonds. The van der Waals surface area contributed by atoms with E-state index in [1.54, 1.807) is 18.0 Å². The summed E-state index contributed by atoms with van der Waals surface area (Å²) in [5, 5.41) is 0.948. The molecule has 6 heteroatoms. The number of nitrogens with two attached hydrogens (primary N) is 1. The second-order valence-corrected chi connectivity index (χ2v) is 6.18. The Balaban J connectivity index is 1.67. The van der Waals surface area contributed by atoms with Crippen LogP contribution < -0.4 is 15.2 Å². The second-order valence-electron chi connectivity index (χ2n) is 4.32. The molecule has 0 radical (unpaired) electrons. The Kier molecular flexibility index (Phi) is 4.14. The molecule has 104 valence electrons. The third kappa shape index (κ3) is 2.92. The molecule has 0 spiro atoms. The summed E-state index contributed by atoms with van der Waals surface area (Å²) in [6, 6.07) is 9.61. The van der Waals surface area contributed by atoms with Crippen molar-refractivity contribution in [3.63, 3.8) is 0 Å². The van der Waals surface area contributed by atoms with E-state index in [1.807, 2.05) is 30.3 Å². The standard InChI is InChI=1S/C14H13BrN2O2S/c15-10-2-1-5-17-14(10)20-7-11(16)9-3-4-12-13(6-9)19-8-18-12/h1-6,11H,7-8,16H2. The predicted octanol–water partition coefficient (Wildman–Crippen LogP) is 3.36. The summed E-state index contributed by atoms with van der Waals surface area (Å²) < 4.78 is 11.6. The van der Waals surface area contributed by atoms with Crippen molar-refractivity contribution in [2.24, 2.45) is 5.73 Å². The van der Waals surface area contributed by atoms with Gasteiger partial charge < -0.3 is 15.2 Å². The van der Waals surface area contributed by atoms with Gasteiger partial charge in [0.2, 0.25) is 6.79 Å². The summed E-state index contributed by atoms with van der Waals surface area (Å²) in [7, 11) is 0. The molecule has 2 heterocycles. The van der Waals surface area contributed by atoms with Gasteiger partial charge in [-0.2, -0.15) is 0 Å². The largest absolute Gasteiger partial charge is 0.454 e. The topological polar surface area (TPSA) is 57.4 Å². The summed E-state index contributed by atoms with van der Waals surface area (Å²) in [6.45, 7) is 0.281. The minimum atomic E-state index is -0.0802. The summed E-state index contributed by atoms with van der Waals surface area (Å²) >= 11 is 5.11. The lowest BCUT2D eigenvalue weighted by Crippen LogP contribution is -2.13. The molecule has 0 aliphatic carbocycles. The Morgan fingerprint density at radius 2 is 2.15 bits per heavy atom. The van der Waals surface area contributed by atoms with Gasteiger partial charge in [0.25, 0.3) is 0 Å². The second kappa shape index (κ2) is 6.03. The number of thioether (sulfide) groups is 1. The summed E-state index contributed by atoms with van der Waals surface area (Å²) in [6.07, 6.45) is 1.78. The Labute approximate surface area is 129 Å². The van der Waals surface area contributed by atoms with Crippen LogP contribution in [0.15, 0.2) is 46.0 Å². The van der Waals surface area contributed by atoms with Crippen LogP contribution in [0.25, 0.3) is 0 Å². The number of nitrogens with zero attached hydrogens (tertiary/aromatic N) is 1. The lowest BCUT2D eigenvalue weighted by atomic mass is 10.1. The first kappa shape index (κ1) is 13.7. The van der Waals surface area contributed by atoms with E-state index in [9.17, 15) is 0 Å². The van der Waals surface area contributed by atoms with Gasteiger partial charge in [0, 0.05) is 22.5 Å². The molecule has 2 N–H and O–H groups in total. The third-order valence-corrected chi connectivity index (χ3v) is 4.98. The van der Waals surface area contributed by atoms with Crippen LogP contribution in [-0.2, 0) is 0 Å². The normalized spacial score (nSPS) is 14.3. The van der Waals surface area contributed by atoms with Gasteiger partial charge in [-0.05, 0) is 45.8 Å².